The molecular formula is C20H23NO4. The Hall–Kier alpha value is -2.82. The number of nitrogens with one attached hydrogen (secondary N) is 1. The van der Waals surface area contributed by atoms with Crippen molar-refractivity contribution in [2.45, 2.75) is 26.7 Å². The molecule has 5 heteroatoms. The lowest BCUT2D eigenvalue weighted by atomic mass is 10.0. The maximum Gasteiger partial charge on any atom is 0.343 e. The molecule has 0 atom stereocenters. The summed E-state index contributed by atoms with van der Waals surface area (Å²) < 4.78 is 9.79. The number of hydrogen-bond acceptors (Lipinski definition) is 4. The van der Waals surface area contributed by atoms with E-state index in [-0.39, 0.29) is 12.5 Å². The molecule has 0 spiro atoms. The number of benzene rings is 2. The third-order valence-corrected chi connectivity index (χ3v) is 3.94. The third kappa shape index (κ3) is 4.83. The fourth-order valence-electron chi connectivity index (χ4n) is 2.49. The molecule has 132 valence electrons. The number of ether oxygens (including phenoxy) is 2. The van der Waals surface area contributed by atoms with Gasteiger partial charge >= 0.3 is 5.97 Å². The maximum absolute atomic E-state index is 12.5. The molecule has 5 nitrogen and oxygen atoms in total. The van der Waals surface area contributed by atoms with E-state index in [0.29, 0.717) is 11.3 Å². The normalized spacial score (nSPS) is 10.2. The average molecular weight is 341 g/mol. The summed E-state index contributed by atoms with van der Waals surface area (Å²) in [6.07, 6.45) is 1.70. The van der Waals surface area contributed by atoms with Crippen LogP contribution in [0.5, 0.6) is 5.75 Å². The van der Waals surface area contributed by atoms with Crippen LogP contribution in [0.15, 0.2) is 42.5 Å². The zero-order valence-electron chi connectivity index (χ0n) is 14.8. The first-order chi connectivity index (χ1) is 12.1. The van der Waals surface area contributed by atoms with Gasteiger partial charge in [0.1, 0.15) is 5.75 Å². The van der Waals surface area contributed by atoms with E-state index in [4.69, 9.17) is 4.74 Å². The zero-order chi connectivity index (χ0) is 18.2. The third-order valence-electron chi connectivity index (χ3n) is 3.94. The summed E-state index contributed by atoms with van der Waals surface area (Å²) in [4.78, 5) is 23.6. The van der Waals surface area contributed by atoms with E-state index in [1.807, 2.05) is 18.2 Å². The number of methoxy groups -OCH3 is 1. The summed E-state index contributed by atoms with van der Waals surface area (Å²) in [5.74, 6) is -0.120. The van der Waals surface area contributed by atoms with E-state index in [1.54, 1.807) is 24.3 Å². The van der Waals surface area contributed by atoms with Gasteiger partial charge in [0.25, 0.3) is 5.91 Å². The van der Waals surface area contributed by atoms with Crippen molar-refractivity contribution in [2.24, 2.45) is 0 Å². The molecule has 0 unspecified atom stereocenters. The van der Waals surface area contributed by atoms with Crippen LogP contribution < -0.4 is 10.1 Å². The highest BCUT2D eigenvalue weighted by Crippen LogP contribution is 2.23. The number of rotatable bonds is 7. The largest absolute Gasteiger partial charge is 0.482 e. The molecule has 0 bridgehead atoms. The number of carbonyl (C=O) groups excluding carboxylic acids is 2. The van der Waals surface area contributed by atoms with E-state index in [2.05, 4.69) is 23.9 Å². The van der Waals surface area contributed by atoms with Crippen LogP contribution in [0.1, 0.15) is 35.3 Å². The molecule has 0 radical (unpaired) electrons. The van der Waals surface area contributed by atoms with Crippen LogP contribution in [0.25, 0.3) is 0 Å². The van der Waals surface area contributed by atoms with Crippen molar-refractivity contribution in [1.29, 1.82) is 0 Å². The van der Waals surface area contributed by atoms with Crippen LogP contribution in [0.2, 0.25) is 0 Å². The minimum absolute atomic E-state index is 0.161. The van der Waals surface area contributed by atoms with Gasteiger partial charge < -0.3 is 14.8 Å². The maximum atomic E-state index is 12.5. The molecule has 0 aliphatic rings. The Morgan fingerprint density at radius 3 is 2.08 bits per heavy atom. The van der Waals surface area contributed by atoms with Crippen molar-refractivity contribution < 1.29 is 19.1 Å². The quantitative estimate of drug-likeness (QED) is 0.781. The topological polar surface area (TPSA) is 64.6 Å². The van der Waals surface area contributed by atoms with E-state index < -0.39 is 5.97 Å². The van der Waals surface area contributed by atoms with Gasteiger partial charge in [-0.3, -0.25) is 4.79 Å². The molecule has 0 fully saturated rings. The minimum atomic E-state index is -0.454. The van der Waals surface area contributed by atoms with Gasteiger partial charge in [0.2, 0.25) is 0 Å². The van der Waals surface area contributed by atoms with Crippen LogP contribution in [0.3, 0.4) is 0 Å². The van der Waals surface area contributed by atoms with Crippen LogP contribution >= 0.6 is 0 Å². The van der Waals surface area contributed by atoms with Crippen molar-refractivity contribution in [3.8, 4) is 5.75 Å². The number of carbonyl (C=O) groups is 2. The lowest BCUT2D eigenvalue weighted by Crippen LogP contribution is -2.15. The van der Waals surface area contributed by atoms with Crippen LogP contribution in [0, 0.1) is 0 Å². The summed E-state index contributed by atoms with van der Waals surface area (Å²) in [5, 5.41) is 3.02. The summed E-state index contributed by atoms with van der Waals surface area (Å²) in [6.45, 7) is 3.97. The highest BCUT2D eigenvalue weighted by atomic mass is 16.6. The molecule has 1 amide bonds. The van der Waals surface area contributed by atoms with Crippen LogP contribution in [-0.2, 0) is 22.4 Å². The van der Waals surface area contributed by atoms with Gasteiger partial charge in [-0.05, 0) is 48.2 Å². The average Bonchev–Trinajstić information content (AvgIpc) is 2.66. The van der Waals surface area contributed by atoms with Crippen molar-refractivity contribution >= 4 is 17.6 Å². The Bertz CT molecular complexity index is 716. The molecule has 2 aromatic carbocycles. The predicted octanol–water partition coefficient (Wildman–Crippen LogP) is 3.62. The fraction of sp³-hybridized carbons (Fsp3) is 0.300. The van der Waals surface area contributed by atoms with E-state index in [1.165, 1.54) is 7.11 Å². The SMILES string of the molecule is CCc1cccc(CC)c1NC(=O)c1ccc(OCC(=O)OC)cc1. The molecule has 0 aromatic heterocycles. The highest BCUT2D eigenvalue weighted by molar-refractivity contribution is 6.05. The lowest BCUT2D eigenvalue weighted by molar-refractivity contribution is -0.142. The van der Waals surface area contributed by atoms with Gasteiger partial charge in [0, 0.05) is 11.3 Å². The van der Waals surface area contributed by atoms with Crippen molar-refractivity contribution in [1.82, 2.24) is 0 Å². The standard InChI is InChI=1S/C20H23NO4/c1-4-14-7-6-8-15(5-2)19(14)21-20(23)16-9-11-17(12-10-16)25-13-18(22)24-3/h6-12H,4-5,13H2,1-3H3,(H,21,23). The van der Waals surface area contributed by atoms with Gasteiger partial charge in [0.05, 0.1) is 7.11 Å². The first kappa shape index (κ1) is 18.5. The zero-order valence-corrected chi connectivity index (χ0v) is 14.8. The second-order valence-corrected chi connectivity index (χ2v) is 5.50. The van der Waals surface area contributed by atoms with Gasteiger partial charge in [-0.2, -0.15) is 0 Å². The summed E-state index contributed by atoms with van der Waals surface area (Å²) in [6, 6.07) is 12.7. The summed E-state index contributed by atoms with van der Waals surface area (Å²) in [5.41, 5.74) is 3.65. The van der Waals surface area contributed by atoms with E-state index in [0.717, 1.165) is 29.7 Å². The van der Waals surface area contributed by atoms with Crippen molar-refractivity contribution in [2.75, 3.05) is 19.0 Å². The molecule has 0 aliphatic carbocycles. The Morgan fingerprint density at radius 2 is 1.56 bits per heavy atom. The number of esters is 1. The van der Waals surface area contributed by atoms with Crippen LogP contribution in [0.4, 0.5) is 5.69 Å². The van der Waals surface area contributed by atoms with Gasteiger partial charge in [-0.15, -0.1) is 0 Å². The molecule has 0 heterocycles. The predicted molar refractivity (Wildman–Crippen MR) is 97.1 cm³/mol. The molecule has 2 aromatic rings. The second-order valence-electron chi connectivity index (χ2n) is 5.50. The molecule has 0 saturated heterocycles. The van der Waals surface area contributed by atoms with Gasteiger partial charge in [0.15, 0.2) is 6.61 Å². The number of amides is 1. The first-order valence-electron chi connectivity index (χ1n) is 8.30. The summed E-state index contributed by atoms with van der Waals surface area (Å²) in [7, 11) is 1.30. The molecule has 25 heavy (non-hydrogen) atoms. The molecule has 0 aliphatic heterocycles. The highest BCUT2D eigenvalue weighted by Gasteiger charge is 2.12. The number of para-hydroxylation sites is 1. The van der Waals surface area contributed by atoms with Crippen molar-refractivity contribution in [3.05, 3.63) is 59.2 Å². The first-order valence-corrected chi connectivity index (χ1v) is 8.30. The number of hydrogen-bond donors (Lipinski definition) is 1. The summed E-state index contributed by atoms with van der Waals surface area (Å²) >= 11 is 0. The van der Waals surface area contributed by atoms with Crippen molar-refractivity contribution in [3.63, 3.8) is 0 Å². The lowest BCUT2D eigenvalue weighted by Gasteiger charge is -2.14. The van der Waals surface area contributed by atoms with E-state index >= 15 is 0 Å². The number of anilines is 1. The Kier molecular flexibility index (Phi) is 6.57. The Morgan fingerprint density at radius 1 is 0.960 bits per heavy atom. The molecule has 2 rings (SSSR count). The fourth-order valence-corrected chi connectivity index (χ4v) is 2.49. The number of aryl methyl sites for hydroxylation is 2. The smallest absolute Gasteiger partial charge is 0.343 e. The van der Waals surface area contributed by atoms with Crippen LogP contribution in [-0.4, -0.2) is 25.6 Å². The monoisotopic (exact) mass is 341 g/mol. The minimum Gasteiger partial charge on any atom is -0.482 e. The van der Waals surface area contributed by atoms with E-state index in [9.17, 15) is 9.59 Å². The molecular weight excluding hydrogens is 318 g/mol. The van der Waals surface area contributed by atoms with Gasteiger partial charge in [-0.1, -0.05) is 32.0 Å². The van der Waals surface area contributed by atoms with Gasteiger partial charge in [-0.25, -0.2) is 4.79 Å². The molecule has 0 saturated carbocycles. The Labute approximate surface area is 148 Å². The molecule has 1 N–H and O–H groups in total. The Balaban J connectivity index is 2.10. The second kappa shape index (κ2) is 8.87.